The number of halogens is 1. The Bertz CT molecular complexity index is 1230. The van der Waals surface area contributed by atoms with Crippen molar-refractivity contribution >= 4 is 33.3 Å². The first-order chi connectivity index (χ1) is 14.7. The summed E-state index contributed by atoms with van der Waals surface area (Å²) < 4.78 is 44.4. The summed E-state index contributed by atoms with van der Waals surface area (Å²) in [6.45, 7) is 1.69. The van der Waals surface area contributed by atoms with Crippen molar-refractivity contribution in [1.29, 1.82) is 0 Å². The summed E-state index contributed by atoms with van der Waals surface area (Å²) in [6.07, 6.45) is 0. The Morgan fingerprint density at radius 1 is 0.935 bits per heavy atom. The van der Waals surface area contributed by atoms with Crippen molar-refractivity contribution in [2.45, 2.75) is 11.8 Å². The van der Waals surface area contributed by atoms with Crippen molar-refractivity contribution in [3.8, 4) is 17.2 Å². The zero-order chi connectivity index (χ0) is 22.6. The normalized spacial score (nSPS) is 11.0. The van der Waals surface area contributed by atoms with E-state index < -0.39 is 16.0 Å². The quantitative estimate of drug-likeness (QED) is 0.496. The first-order valence-electron chi connectivity index (χ1n) is 9.07. The summed E-state index contributed by atoms with van der Waals surface area (Å²) in [4.78, 5) is 11.8. The number of nitrogens with one attached hydrogen (secondary N) is 1. The van der Waals surface area contributed by atoms with Gasteiger partial charge in [0.05, 0.1) is 30.4 Å². The number of anilines is 1. The second kappa shape index (κ2) is 9.28. The Morgan fingerprint density at radius 3 is 2.32 bits per heavy atom. The van der Waals surface area contributed by atoms with E-state index in [2.05, 4.69) is 4.72 Å². The Labute approximate surface area is 185 Å². The highest BCUT2D eigenvalue weighted by Gasteiger charge is 2.21. The number of para-hydroxylation sites is 2. The van der Waals surface area contributed by atoms with Crippen LogP contribution in [0.1, 0.15) is 15.9 Å². The predicted octanol–water partition coefficient (Wildman–Crippen LogP) is 5.04. The van der Waals surface area contributed by atoms with Gasteiger partial charge in [-0.05, 0) is 55.0 Å². The van der Waals surface area contributed by atoms with E-state index in [1.807, 2.05) is 0 Å². The molecule has 0 radical (unpaired) electrons. The lowest BCUT2D eigenvalue weighted by Crippen LogP contribution is -2.15. The molecule has 0 saturated carbocycles. The molecule has 7 nitrogen and oxygen atoms in total. The molecular weight excluding hydrogens is 442 g/mol. The van der Waals surface area contributed by atoms with E-state index in [1.165, 1.54) is 38.5 Å². The highest BCUT2D eigenvalue weighted by molar-refractivity contribution is 7.92. The fourth-order valence-electron chi connectivity index (χ4n) is 2.79. The van der Waals surface area contributed by atoms with Crippen molar-refractivity contribution in [3.05, 3.63) is 76.8 Å². The van der Waals surface area contributed by atoms with Gasteiger partial charge < -0.3 is 14.2 Å². The Balaban J connectivity index is 1.99. The number of esters is 1. The summed E-state index contributed by atoms with van der Waals surface area (Å²) in [6, 6.07) is 15.7. The molecule has 3 aromatic rings. The van der Waals surface area contributed by atoms with E-state index >= 15 is 0 Å². The Morgan fingerprint density at radius 2 is 1.65 bits per heavy atom. The number of methoxy groups -OCH3 is 2. The smallest absolute Gasteiger partial charge is 0.338 e. The Hall–Kier alpha value is -3.23. The number of carbonyl (C=O) groups excluding carboxylic acids is 1. The molecule has 0 heterocycles. The van der Waals surface area contributed by atoms with Gasteiger partial charge in [0.1, 0.15) is 0 Å². The molecule has 0 aromatic heterocycles. The van der Waals surface area contributed by atoms with Crippen molar-refractivity contribution in [1.82, 2.24) is 0 Å². The summed E-state index contributed by atoms with van der Waals surface area (Å²) in [5, 5.41) is 0.309. The van der Waals surface area contributed by atoms with E-state index in [0.29, 0.717) is 22.1 Å². The van der Waals surface area contributed by atoms with Crippen LogP contribution in [-0.2, 0) is 14.8 Å². The highest BCUT2D eigenvalue weighted by Crippen LogP contribution is 2.37. The van der Waals surface area contributed by atoms with Gasteiger partial charge in [-0.2, -0.15) is 0 Å². The molecule has 0 atom stereocenters. The minimum atomic E-state index is -4.07. The first-order valence-corrected chi connectivity index (χ1v) is 10.9. The monoisotopic (exact) mass is 461 g/mol. The van der Waals surface area contributed by atoms with Crippen molar-refractivity contribution in [3.63, 3.8) is 0 Å². The fraction of sp³-hybridized carbons (Fsp3) is 0.136. The SMILES string of the molecule is COC(=O)c1cc(S(=O)(=O)Nc2cc(Cl)ccc2Oc2ccccc2OC)ccc1C. The van der Waals surface area contributed by atoms with Gasteiger partial charge in [-0.25, -0.2) is 13.2 Å². The van der Waals surface area contributed by atoms with Crippen LogP contribution in [0.15, 0.2) is 65.6 Å². The molecule has 0 fully saturated rings. The van der Waals surface area contributed by atoms with Gasteiger partial charge >= 0.3 is 5.97 Å². The van der Waals surface area contributed by atoms with E-state index in [9.17, 15) is 13.2 Å². The molecule has 0 bridgehead atoms. The molecule has 162 valence electrons. The van der Waals surface area contributed by atoms with Crippen LogP contribution < -0.4 is 14.2 Å². The summed E-state index contributed by atoms with van der Waals surface area (Å²) in [5.41, 5.74) is 0.870. The average molecular weight is 462 g/mol. The van der Waals surface area contributed by atoms with Gasteiger partial charge in [0.15, 0.2) is 17.2 Å². The van der Waals surface area contributed by atoms with Gasteiger partial charge in [0, 0.05) is 5.02 Å². The van der Waals surface area contributed by atoms with Crippen LogP contribution in [-0.4, -0.2) is 28.6 Å². The molecule has 31 heavy (non-hydrogen) atoms. The van der Waals surface area contributed by atoms with E-state index in [4.69, 9.17) is 25.8 Å². The maximum Gasteiger partial charge on any atom is 0.338 e. The van der Waals surface area contributed by atoms with Gasteiger partial charge in [0.2, 0.25) is 0 Å². The molecule has 9 heteroatoms. The molecule has 0 spiro atoms. The zero-order valence-electron chi connectivity index (χ0n) is 17.0. The second-order valence-electron chi connectivity index (χ2n) is 6.47. The number of hydrogen-bond donors (Lipinski definition) is 1. The maximum absolute atomic E-state index is 13.0. The highest BCUT2D eigenvalue weighted by atomic mass is 35.5. The van der Waals surface area contributed by atoms with Crippen LogP contribution in [0, 0.1) is 6.92 Å². The molecule has 1 N–H and O–H groups in total. The number of rotatable bonds is 7. The molecule has 0 amide bonds. The predicted molar refractivity (Wildman–Crippen MR) is 118 cm³/mol. The lowest BCUT2D eigenvalue weighted by atomic mass is 10.1. The van der Waals surface area contributed by atoms with Crippen LogP contribution in [0.3, 0.4) is 0 Å². The number of sulfonamides is 1. The van der Waals surface area contributed by atoms with Crippen molar-refractivity contribution in [2.24, 2.45) is 0 Å². The average Bonchev–Trinajstić information content (AvgIpc) is 2.75. The minimum Gasteiger partial charge on any atom is -0.493 e. The third-order valence-corrected chi connectivity index (χ3v) is 6.00. The third-order valence-electron chi connectivity index (χ3n) is 4.40. The number of ether oxygens (including phenoxy) is 3. The topological polar surface area (TPSA) is 90.9 Å². The number of benzene rings is 3. The zero-order valence-corrected chi connectivity index (χ0v) is 18.6. The summed E-state index contributed by atoms with van der Waals surface area (Å²) >= 11 is 6.08. The van der Waals surface area contributed by atoms with Crippen molar-refractivity contribution in [2.75, 3.05) is 18.9 Å². The lowest BCUT2D eigenvalue weighted by Gasteiger charge is -2.16. The number of hydrogen-bond acceptors (Lipinski definition) is 6. The second-order valence-corrected chi connectivity index (χ2v) is 8.59. The van der Waals surface area contributed by atoms with Gasteiger partial charge in [-0.15, -0.1) is 0 Å². The lowest BCUT2D eigenvalue weighted by molar-refractivity contribution is 0.0599. The number of aryl methyl sites for hydroxylation is 1. The molecule has 0 aliphatic carbocycles. The van der Waals surface area contributed by atoms with E-state index in [0.717, 1.165) is 0 Å². The van der Waals surface area contributed by atoms with E-state index in [-0.39, 0.29) is 21.9 Å². The van der Waals surface area contributed by atoms with Crippen molar-refractivity contribution < 1.29 is 27.4 Å². The summed E-state index contributed by atoms with van der Waals surface area (Å²) in [5.74, 6) is 0.471. The molecule has 0 unspecified atom stereocenters. The molecule has 3 rings (SSSR count). The molecule has 0 saturated heterocycles. The summed E-state index contributed by atoms with van der Waals surface area (Å²) in [7, 11) is -1.33. The van der Waals surface area contributed by atoms with Crippen LogP contribution in [0.5, 0.6) is 17.2 Å². The van der Waals surface area contributed by atoms with Gasteiger partial charge in [-0.3, -0.25) is 4.72 Å². The largest absolute Gasteiger partial charge is 0.493 e. The molecular formula is C22H20ClNO6S. The van der Waals surface area contributed by atoms with Crippen LogP contribution in [0.25, 0.3) is 0 Å². The maximum atomic E-state index is 13.0. The van der Waals surface area contributed by atoms with E-state index in [1.54, 1.807) is 43.3 Å². The molecule has 0 aliphatic rings. The van der Waals surface area contributed by atoms with Crippen LogP contribution in [0.4, 0.5) is 5.69 Å². The van der Waals surface area contributed by atoms with Gasteiger partial charge in [-0.1, -0.05) is 29.8 Å². The first kappa shape index (κ1) is 22.5. The third kappa shape index (κ3) is 5.10. The van der Waals surface area contributed by atoms with Gasteiger partial charge in [0.25, 0.3) is 10.0 Å². The van der Waals surface area contributed by atoms with Crippen LogP contribution in [0.2, 0.25) is 5.02 Å². The number of carbonyl (C=O) groups is 1. The molecule has 3 aromatic carbocycles. The van der Waals surface area contributed by atoms with Crippen LogP contribution >= 0.6 is 11.6 Å². The fourth-order valence-corrected chi connectivity index (χ4v) is 4.05. The molecule has 0 aliphatic heterocycles. The minimum absolute atomic E-state index is 0.110. The Kier molecular flexibility index (Phi) is 6.72. The standard InChI is InChI=1S/C22H20ClNO6S/c1-14-8-10-16(13-17(14)22(25)29-3)31(26,27)24-18-12-15(23)9-11-19(18)30-21-7-5-4-6-20(21)28-2/h4-13,24H,1-3H3.